The van der Waals surface area contributed by atoms with E-state index in [1.54, 1.807) is 0 Å². The number of rotatable bonds is 8. The minimum atomic E-state index is 1.10. The van der Waals surface area contributed by atoms with Crippen LogP contribution in [0.25, 0.3) is 92.2 Å². The molecule has 0 fully saturated rings. The summed E-state index contributed by atoms with van der Waals surface area (Å²) < 4.78 is 5.07. The molecule has 296 valence electrons. The van der Waals surface area contributed by atoms with E-state index in [2.05, 4.69) is 252 Å². The smallest absolute Gasteiger partial charge is 0.0541 e. The first kappa shape index (κ1) is 36.8. The standard InChI is InChI=1S/C60H40N2S/c1-3-15-41(16-4-1)43-17-13-18-44(37-43)45-19-14-22-49(38-45)61(47-20-5-2-6-21-47)48-32-29-42(30-33-48)51-23-7-8-24-52(51)46-31-35-58-55(39-46)53-25-9-11-27-57(53)62(58)50-34-36-60-56(40-50)54-26-10-12-28-59(54)63-60/h1-40H. The van der Waals surface area contributed by atoms with Crippen molar-refractivity contribution in [1.29, 1.82) is 0 Å². The zero-order valence-corrected chi connectivity index (χ0v) is 35.2. The highest BCUT2D eigenvalue weighted by Crippen LogP contribution is 2.42. The van der Waals surface area contributed by atoms with Crippen molar-refractivity contribution in [2.24, 2.45) is 0 Å². The van der Waals surface area contributed by atoms with E-state index in [0.717, 1.165) is 17.1 Å². The second-order valence-electron chi connectivity index (χ2n) is 16.1. The van der Waals surface area contributed by atoms with Gasteiger partial charge in [0, 0.05) is 53.7 Å². The van der Waals surface area contributed by atoms with Crippen LogP contribution in [0.4, 0.5) is 17.1 Å². The molecular formula is C60H40N2S. The summed E-state index contributed by atoms with van der Waals surface area (Å²) in [4.78, 5) is 2.35. The Morgan fingerprint density at radius 2 is 0.841 bits per heavy atom. The van der Waals surface area contributed by atoms with Crippen LogP contribution < -0.4 is 4.90 Å². The van der Waals surface area contributed by atoms with Crippen LogP contribution >= 0.6 is 11.3 Å². The molecule has 0 spiro atoms. The Kier molecular flexibility index (Phi) is 9.06. The summed E-state index contributed by atoms with van der Waals surface area (Å²) in [6.45, 7) is 0. The minimum absolute atomic E-state index is 1.10. The van der Waals surface area contributed by atoms with Crippen LogP contribution in [0.1, 0.15) is 0 Å². The topological polar surface area (TPSA) is 8.17 Å². The average Bonchev–Trinajstić information content (AvgIpc) is 3.90. The van der Waals surface area contributed by atoms with Gasteiger partial charge in [0.25, 0.3) is 0 Å². The number of hydrogen-bond donors (Lipinski definition) is 0. The van der Waals surface area contributed by atoms with Crippen LogP contribution in [0.3, 0.4) is 0 Å². The van der Waals surface area contributed by atoms with Crippen LogP contribution in [-0.2, 0) is 0 Å². The molecule has 2 heterocycles. The molecule has 0 aliphatic heterocycles. The van der Waals surface area contributed by atoms with Gasteiger partial charge in [0.05, 0.1) is 11.0 Å². The molecule has 2 aromatic heterocycles. The lowest BCUT2D eigenvalue weighted by Gasteiger charge is -2.26. The molecule has 12 aromatic rings. The van der Waals surface area contributed by atoms with Gasteiger partial charge < -0.3 is 9.47 Å². The molecule has 0 N–H and O–H groups in total. The number of anilines is 3. The highest BCUT2D eigenvalue weighted by atomic mass is 32.1. The molecule has 0 amide bonds. The number of hydrogen-bond acceptors (Lipinski definition) is 2. The Labute approximate surface area is 370 Å². The van der Waals surface area contributed by atoms with E-state index in [-0.39, 0.29) is 0 Å². The molecule has 0 saturated carbocycles. The number of para-hydroxylation sites is 2. The van der Waals surface area contributed by atoms with E-state index in [4.69, 9.17) is 0 Å². The molecule has 63 heavy (non-hydrogen) atoms. The summed E-state index contributed by atoms with van der Waals surface area (Å²) in [7, 11) is 0. The molecule has 3 heteroatoms. The molecule has 0 aliphatic carbocycles. The molecule has 0 atom stereocenters. The predicted molar refractivity (Wildman–Crippen MR) is 270 cm³/mol. The van der Waals surface area contributed by atoms with Crippen LogP contribution in [-0.4, -0.2) is 4.57 Å². The van der Waals surface area contributed by atoms with Gasteiger partial charge in [0.15, 0.2) is 0 Å². The highest BCUT2D eigenvalue weighted by Gasteiger charge is 2.18. The third kappa shape index (κ3) is 6.58. The average molecular weight is 821 g/mol. The predicted octanol–water partition coefficient (Wildman–Crippen LogP) is 17.3. The van der Waals surface area contributed by atoms with E-state index < -0.39 is 0 Å². The fraction of sp³-hybridized carbons (Fsp3) is 0. The fourth-order valence-corrected chi connectivity index (χ4v) is 10.5. The monoisotopic (exact) mass is 820 g/mol. The van der Waals surface area contributed by atoms with Crippen molar-refractivity contribution >= 4 is 70.4 Å². The Bertz CT molecular complexity index is 3620. The molecule has 10 aromatic carbocycles. The first-order valence-corrected chi connectivity index (χ1v) is 22.3. The lowest BCUT2D eigenvalue weighted by molar-refractivity contribution is 1.19. The van der Waals surface area contributed by atoms with Crippen molar-refractivity contribution < 1.29 is 0 Å². The summed E-state index contributed by atoms with van der Waals surface area (Å²) >= 11 is 1.86. The molecule has 0 unspecified atom stereocenters. The van der Waals surface area contributed by atoms with Crippen LogP contribution in [0.15, 0.2) is 243 Å². The second-order valence-corrected chi connectivity index (χ2v) is 17.2. The van der Waals surface area contributed by atoms with Gasteiger partial charge in [-0.05, 0) is 129 Å². The van der Waals surface area contributed by atoms with Gasteiger partial charge in [0.1, 0.15) is 0 Å². The summed E-state index contributed by atoms with van der Waals surface area (Å²) in [6, 6.07) is 88.3. The third-order valence-corrected chi connectivity index (χ3v) is 13.5. The van der Waals surface area contributed by atoms with E-state index in [0.29, 0.717) is 0 Å². The normalized spacial score (nSPS) is 11.5. The largest absolute Gasteiger partial charge is 0.310 e. The number of benzene rings is 10. The van der Waals surface area contributed by atoms with Crippen molar-refractivity contribution in [2.75, 3.05) is 4.90 Å². The Morgan fingerprint density at radius 3 is 1.65 bits per heavy atom. The number of nitrogens with zero attached hydrogens (tertiary/aromatic N) is 2. The molecule has 12 rings (SSSR count). The maximum Gasteiger partial charge on any atom is 0.0541 e. The minimum Gasteiger partial charge on any atom is -0.310 e. The van der Waals surface area contributed by atoms with Crippen molar-refractivity contribution in [3.63, 3.8) is 0 Å². The van der Waals surface area contributed by atoms with Gasteiger partial charge in [-0.3, -0.25) is 0 Å². The van der Waals surface area contributed by atoms with E-state index in [1.165, 1.54) is 92.2 Å². The van der Waals surface area contributed by atoms with Crippen LogP contribution in [0, 0.1) is 0 Å². The van der Waals surface area contributed by atoms with Crippen LogP contribution in [0.2, 0.25) is 0 Å². The summed E-state index contributed by atoms with van der Waals surface area (Å²) in [5, 5.41) is 5.12. The zero-order chi connectivity index (χ0) is 41.7. The Morgan fingerprint density at radius 1 is 0.286 bits per heavy atom. The molecule has 2 nitrogen and oxygen atoms in total. The first-order chi connectivity index (χ1) is 31.2. The van der Waals surface area contributed by atoms with Crippen molar-refractivity contribution in [3.8, 4) is 50.2 Å². The molecule has 0 saturated heterocycles. The van der Waals surface area contributed by atoms with E-state index >= 15 is 0 Å². The van der Waals surface area contributed by atoms with Gasteiger partial charge in [-0.25, -0.2) is 0 Å². The van der Waals surface area contributed by atoms with Crippen molar-refractivity contribution in [2.45, 2.75) is 0 Å². The van der Waals surface area contributed by atoms with E-state index in [1.807, 2.05) is 11.3 Å². The zero-order valence-electron chi connectivity index (χ0n) is 34.4. The number of fused-ring (bicyclic) bond motifs is 6. The number of aromatic nitrogens is 1. The van der Waals surface area contributed by atoms with Crippen LogP contribution in [0.5, 0.6) is 0 Å². The SMILES string of the molecule is c1ccc(-c2cccc(-c3cccc(N(c4ccccc4)c4ccc(-c5ccccc5-c5ccc6c(c5)c5ccccc5n6-c5ccc6sc7ccccc7c6c5)cc4)c3)c2)cc1. The van der Waals surface area contributed by atoms with Crippen molar-refractivity contribution in [3.05, 3.63) is 243 Å². The van der Waals surface area contributed by atoms with Crippen molar-refractivity contribution in [1.82, 2.24) is 4.57 Å². The highest BCUT2D eigenvalue weighted by molar-refractivity contribution is 7.25. The third-order valence-electron chi connectivity index (χ3n) is 12.4. The molecule has 0 radical (unpaired) electrons. The quantitative estimate of drug-likeness (QED) is 0.148. The molecule has 0 bridgehead atoms. The maximum atomic E-state index is 2.43. The Hall–Kier alpha value is -7.98. The maximum absolute atomic E-state index is 2.43. The fourth-order valence-electron chi connectivity index (χ4n) is 9.41. The summed E-state index contributed by atoms with van der Waals surface area (Å²) in [6.07, 6.45) is 0. The van der Waals surface area contributed by atoms with Gasteiger partial charge in [0.2, 0.25) is 0 Å². The lowest BCUT2D eigenvalue weighted by atomic mass is 9.93. The van der Waals surface area contributed by atoms with E-state index in [9.17, 15) is 0 Å². The van der Waals surface area contributed by atoms with Gasteiger partial charge in [-0.15, -0.1) is 11.3 Å². The number of thiophene rings is 1. The molecule has 0 aliphatic rings. The van der Waals surface area contributed by atoms with Gasteiger partial charge in [-0.2, -0.15) is 0 Å². The lowest BCUT2D eigenvalue weighted by Crippen LogP contribution is -2.09. The summed E-state index contributed by atoms with van der Waals surface area (Å²) in [5.74, 6) is 0. The Balaban J connectivity index is 0.914. The summed E-state index contributed by atoms with van der Waals surface area (Å²) in [5.41, 5.74) is 16.5. The molecular weight excluding hydrogens is 781 g/mol. The second kappa shape index (κ2) is 15.5. The first-order valence-electron chi connectivity index (χ1n) is 21.5. The van der Waals surface area contributed by atoms with Gasteiger partial charge >= 0.3 is 0 Å². The van der Waals surface area contributed by atoms with Gasteiger partial charge in [-0.1, -0.05) is 158 Å².